The second-order valence-corrected chi connectivity index (χ2v) is 5.56. The fourth-order valence-corrected chi connectivity index (χ4v) is 1.72. The van der Waals surface area contributed by atoms with Crippen molar-refractivity contribution in [2.24, 2.45) is 5.41 Å². The van der Waals surface area contributed by atoms with Gasteiger partial charge in [-0.3, -0.25) is 0 Å². The summed E-state index contributed by atoms with van der Waals surface area (Å²) in [6.07, 6.45) is 0. The van der Waals surface area contributed by atoms with Crippen molar-refractivity contribution < 1.29 is 0 Å². The second kappa shape index (κ2) is 5.11. The molecule has 0 saturated heterocycles. The van der Waals surface area contributed by atoms with E-state index in [2.05, 4.69) is 29.1 Å². The molecule has 4 heteroatoms. The van der Waals surface area contributed by atoms with E-state index < -0.39 is 0 Å². The molecule has 3 nitrogen and oxygen atoms in total. The van der Waals surface area contributed by atoms with Gasteiger partial charge in [0.2, 0.25) is 0 Å². The Hall–Kier alpha value is -1.35. The minimum Gasteiger partial charge on any atom is -0.368 e. The maximum Gasteiger partial charge on any atom is 0.148 e. The molecule has 18 heavy (non-hydrogen) atoms. The van der Waals surface area contributed by atoms with Gasteiger partial charge in [-0.1, -0.05) is 26.0 Å². The SMILES string of the molecule is Cc1nc2ccccc2nc1NCC(C)(C)CCl. The number of alkyl halides is 1. The number of halogens is 1. The van der Waals surface area contributed by atoms with Gasteiger partial charge in [-0.25, -0.2) is 9.97 Å². The summed E-state index contributed by atoms with van der Waals surface area (Å²) in [7, 11) is 0. The third kappa shape index (κ3) is 2.91. The molecule has 1 heterocycles. The molecular weight excluding hydrogens is 246 g/mol. The zero-order valence-electron chi connectivity index (χ0n) is 11.0. The molecule has 96 valence electrons. The zero-order valence-corrected chi connectivity index (χ0v) is 11.8. The highest BCUT2D eigenvalue weighted by atomic mass is 35.5. The van der Waals surface area contributed by atoms with Crippen LogP contribution in [0.2, 0.25) is 0 Å². The van der Waals surface area contributed by atoms with Crippen LogP contribution in [0.25, 0.3) is 11.0 Å². The Bertz CT molecular complexity index is 552. The fourth-order valence-electron chi connectivity index (χ4n) is 1.63. The molecule has 1 aromatic carbocycles. The van der Waals surface area contributed by atoms with Crippen molar-refractivity contribution in [3.05, 3.63) is 30.0 Å². The van der Waals surface area contributed by atoms with Crippen LogP contribution in [0.3, 0.4) is 0 Å². The monoisotopic (exact) mass is 263 g/mol. The summed E-state index contributed by atoms with van der Waals surface area (Å²) < 4.78 is 0. The molecule has 0 atom stereocenters. The van der Waals surface area contributed by atoms with Gasteiger partial charge in [-0.2, -0.15) is 0 Å². The van der Waals surface area contributed by atoms with Crippen LogP contribution in [0.4, 0.5) is 5.82 Å². The Morgan fingerprint density at radius 1 is 1.17 bits per heavy atom. The van der Waals surface area contributed by atoms with Crippen LogP contribution < -0.4 is 5.32 Å². The average Bonchev–Trinajstić information content (AvgIpc) is 2.36. The molecule has 0 aliphatic carbocycles. The highest BCUT2D eigenvalue weighted by molar-refractivity contribution is 6.18. The largest absolute Gasteiger partial charge is 0.368 e. The van der Waals surface area contributed by atoms with Crippen LogP contribution in [0, 0.1) is 12.3 Å². The van der Waals surface area contributed by atoms with Crippen molar-refractivity contribution in [3.63, 3.8) is 0 Å². The first kappa shape index (κ1) is 13.1. The fraction of sp³-hybridized carbons (Fsp3) is 0.429. The van der Waals surface area contributed by atoms with Crippen LogP contribution in [-0.4, -0.2) is 22.4 Å². The quantitative estimate of drug-likeness (QED) is 0.857. The number of nitrogens with zero attached hydrogens (tertiary/aromatic N) is 2. The lowest BCUT2D eigenvalue weighted by Gasteiger charge is -2.22. The van der Waals surface area contributed by atoms with Crippen LogP contribution in [0.1, 0.15) is 19.5 Å². The number of fused-ring (bicyclic) bond motifs is 1. The van der Waals surface area contributed by atoms with Crippen molar-refractivity contribution in [1.29, 1.82) is 0 Å². The van der Waals surface area contributed by atoms with Crippen LogP contribution >= 0.6 is 11.6 Å². The van der Waals surface area contributed by atoms with E-state index in [1.54, 1.807) is 0 Å². The van der Waals surface area contributed by atoms with E-state index in [0.29, 0.717) is 5.88 Å². The van der Waals surface area contributed by atoms with Gasteiger partial charge in [0.15, 0.2) is 0 Å². The minimum absolute atomic E-state index is 0.0430. The molecule has 0 amide bonds. The molecule has 1 N–H and O–H groups in total. The molecule has 0 aliphatic heterocycles. The van der Waals surface area contributed by atoms with Gasteiger partial charge in [-0.05, 0) is 24.5 Å². The first-order valence-electron chi connectivity index (χ1n) is 6.05. The molecular formula is C14H18ClN3. The maximum absolute atomic E-state index is 5.92. The summed E-state index contributed by atoms with van der Waals surface area (Å²) in [5, 5.41) is 3.34. The summed E-state index contributed by atoms with van der Waals surface area (Å²) in [5.74, 6) is 1.45. The Balaban J connectivity index is 2.25. The summed E-state index contributed by atoms with van der Waals surface area (Å²) in [5.41, 5.74) is 2.80. The third-order valence-corrected chi connectivity index (χ3v) is 3.56. The summed E-state index contributed by atoms with van der Waals surface area (Å²) in [6.45, 7) is 6.99. The Kier molecular flexibility index (Phi) is 3.71. The molecule has 0 unspecified atom stereocenters. The Morgan fingerprint density at radius 2 is 1.78 bits per heavy atom. The van der Waals surface area contributed by atoms with Gasteiger partial charge < -0.3 is 5.32 Å². The maximum atomic E-state index is 5.92. The third-order valence-electron chi connectivity index (χ3n) is 2.84. The zero-order chi connectivity index (χ0) is 13.2. The summed E-state index contributed by atoms with van der Waals surface area (Å²) in [6, 6.07) is 7.89. The van der Waals surface area contributed by atoms with Crippen LogP contribution in [-0.2, 0) is 0 Å². The van der Waals surface area contributed by atoms with Gasteiger partial charge in [0.1, 0.15) is 5.82 Å². The molecule has 2 aromatic rings. The highest BCUT2D eigenvalue weighted by Gasteiger charge is 2.17. The number of hydrogen-bond acceptors (Lipinski definition) is 3. The molecule has 0 radical (unpaired) electrons. The van der Waals surface area contributed by atoms with Crippen molar-refractivity contribution in [2.45, 2.75) is 20.8 Å². The number of rotatable bonds is 4. The van der Waals surface area contributed by atoms with Crippen molar-refractivity contribution in [2.75, 3.05) is 17.7 Å². The van der Waals surface area contributed by atoms with E-state index in [1.807, 2.05) is 31.2 Å². The Morgan fingerprint density at radius 3 is 2.39 bits per heavy atom. The molecule has 1 aromatic heterocycles. The lowest BCUT2D eigenvalue weighted by molar-refractivity contribution is 0.449. The first-order chi connectivity index (χ1) is 8.52. The topological polar surface area (TPSA) is 37.8 Å². The highest BCUT2D eigenvalue weighted by Crippen LogP contribution is 2.20. The van der Waals surface area contributed by atoms with E-state index in [9.17, 15) is 0 Å². The number of anilines is 1. The summed E-state index contributed by atoms with van der Waals surface area (Å²) >= 11 is 5.92. The number of hydrogen-bond donors (Lipinski definition) is 1. The number of para-hydroxylation sites is 2. The lowest BCUT2D eigenvalue weighted by Crippen LogP contribution is -2.25. The van der Waals surface area contributed by atoms with Crippen molar-refractivity contribution in [3.8, 4) is 0 Å². The van der Waals surface area contributed by atoms with E-state index in [4.69, 9.17) is 11.6 Å². The van der Waals surface area contributed by atoms with Crippen LogP contribution in [0.15, 0.2) is 24.3 Å². The molecule has 0 spiro atoms. The van der Waals surface area contributed by atoms with Gasteiger partial charge >= 0.3 is 0 Å². The smallest absolute Gasteiger partial charge is 0.148 e. The Labute approximate surface area is 113 Å². The van der Waals surface area contributed by atoms with E-state index in [0.717, 1.165) is 29.1 Å². The van der Waals surface area contributed by atoms with E-state index in [-0.39, 0.29) is 5.41 Å². The lowest BCUT2D eigenvalue weighted by atomic mass is 9.96. The van der Waals surface area contributed by atoms with Gasteiger partial charge in [0.25, 0.3) is 0 Å². The molecule has 2 rings (SSSR count). The van der Waals surface area contributed by atoms with Crippen molar-refractivity contribution in [1.82, 2.24) is 9.97 Å². The average molecular weight is 264 g/mol. The molecule has 0 aliphatic rings. The summed E-state index contributed by atoms with van der Waals surface area (Å²) in [4.78, 5) is 9.14. The van der Waals surface area contributed by atoms with Gasteiger partial charge in [0.05, 0.1) is 16.7 Å². The predicted octanol–water partition coefficient (Wildman–Crippen LogP) is 3.62. The minimum atomic E-state index is 0.0430. The van der Waals surface area contributed by atoms with E-state index in [1.165, 1.54) is 0 Å². The second-order valence-electron chi connectivity index (χ2n) is 5.30. The van der Waals surface area contributed by atoms with E-state index >= 15 is 0 Å². The number of aryl methyl sites for hydroxylation is 1. The molecule has 0 saturated carbocycles. The standard InChI is InChI=1S/C14H18ClN3/c1-10-13(16-9-14(2,3)8-15)18-12-7-5-4-6-11(12)17-10/h4-7H,8-9H2,1-3H3,(H,16,18). The van der Waals surface area contributed by atoms with Gasteiger partial charge in [-0.15, -0.1) is 11.6 Å². The van der Waals surface area contributed by atoms with Crippen LogP contribution in [0.5, 0.6) is 0 Å². The van der Waals surface area contributed by atoms with Crippen molar-refractivity contribution >= 4 is 28.5 Å². The molecule has 0 bridgehead atoms. The van der Waals surface area contributed by atoms with Gasteiger partial charge in [0, 0.05) is 12.4 Å². The first-order valence-corrected chi connectivity index (χ1v) is 6.58. The number of benzene rings is 1. The number of aromatic nitrogens is 2. The molecule has 0 fully saturated rings. The number of nitrogens with one attached hydrogen (secondary N) is 1. The normalized spacial score (nSPS) is 11.8. The predicted molar refractivity (Wildman–Crippen MR) is 77.3 cm³/mol.